The first kappa shape index (κ1) is 53.2. The van der Waals surface area contributed by atoms with E-state index in [4.69, 9.17) is 30.6 Å². The van der Waals surface area contributed by atoms with E-state index in [0.29, 0.717) is 46.6 Å². The molecule has 0 saturated heterocycles. The molecule has 21 heteroatoms. The highest BCUT2D eigenvalue weighted by Crippen LogP contribution is 2.43. The summed E-state index contributed by atoms with van der Waals surface area (Å²) in [6, 6.07) is 12.1. The van der Waals surface area contributed by atoms with Crippen molar-refractivity contribution in [3.63, 3.8) is 0 Å². The van der Waals surface area contributed by atoms with Crippen LogP contribution in [0.1, 0.15) is 57.5 Å². The lowest BCUT2D eigenvalue weighted by molar-refractivity contribution is -0.134. The average molecular weight is 986 g/mol. The number of nitrogens with one attached hydrogen (secondary N) is 2. The summed E-state index contributed by atoms with van der Waals surface area (Å²) in [6.45, 7) is 6.74. The van der Waals surface area contributed by atoms with E-state index in [2.05, 4.69) is 92.0 Å². The summed E-state index contributed by atoms with van der Waals surface area (Å²) in [6.07, 6.45) is 12.8. The number of aromatic nitrogens is 6. The van der Waals surface area contributed by atoms with Crippen LogP contribution >= 0.6 is 0 Å². The highest BCUT2D eigenvalue weighted by Gasteiger charge is 2.33. The second kappa shape index (κ2) is 24.6. The molecular formula is C51H59N11O10. The molecule has 0 saturated carbocycles. The molecule has 6 aromatic rings. The lowest BCUT2D eigenvalue weighted by atomic mass is 9.87. The first-order chi connectivity index (χ1) is 34.5. The smallest absolute Gasteiger partial charge is 0.328 e. The summed E-state index contributed by atoms with van der Waals surface area (Å²) in [4.78, 5) is 81.3. The summed E-state index contributed by atoms with van der Waals surface area (Å²) < 4.78 is 4.10. The van der Waals surface area contributed by atoms with Gasteiger partial charge in [-0.15, -0.1) is 0 Å². The lowest BCUT2D eigenvalue weighted by Crippen LogP contribution is -2.24. The van der Waals surface area contributed by atoms with Crippen LogP contribution in [-0.2, 0) is 32.3 Å². The minimum atomic E-state index is -1.26. The molecule has 0 aliphatic heterocycles. The van der Waals surface area contributed by atoms with Gasteiger partial charge < -0.3 is 45.8 Å². The molecule has 0 radical (unpaired) electrons. The third-order valence-electron chi connectivity index (χ3n) is 11.7. The van der Waals surface area contributed by atoms with Gasteiger partial charge in [0.25, 0.3) is 0 Å². The molecule has 8 rings (SSSR count). The van der Waals surface area contributed by atoms with E-state index in [-0.39, 0.29) is 11.6 Å². The first-order valence-electron chi connectivity index (χ1n) is 23.3. The van der Waals surface area contributed by atoms with E-state index in [0.717, 1.165) is 134 Å². The van der Waals surface area contributed by atoms with Gasteiger partial charge in [-0.2, -0.15) is 10.2 Å². The van der Waals surface area contributed by atoms with Gasteiger partial charge in [-0.1, -0.05) is 0 Å². The Morgan fingerprint density at radius 3 is 1.25 bits per heavy atom. The van der Waals surface area contributed by atoms with E-state index in [1.165, 1.54) is 0 Å². The van der Waals surface area contributed by atoms with Crippen LogP contribution in [0.5, 0.6) is 0 Å². The molecule has 0 amide bonds. The van der Waals surface area contributed by atoms with Crippen LogP contribution < -0.4 is 10.6 Å². The van der Waals surface area contributed by atoms with E-state index in [9.17, 15) is 28.8 Å². The number of rotatable bonds is 22. The number of fused-ring (bicyclic) bond motifs is 4. The summed E-state index contributed by atoms with van der Waals surface area (Å²) in [5.41, 5.74) is 9.66. The normalized spacial score (nSPS) is 12.3. The van der Waals surface area contributed by atoms with Crippen molar-refractivity contribution in [2.75, 3.05) is 85.1 Å². The minimum absolute atomic E-state index is 0.00732. The Labute approximate surface area is 415 Å². The van der Waals surface area contributed by atoms with Crippen LogP contribution in [-0.4, -0.2) is 175 Å². The fraction of sp³-hybridized carbons (Fsp3) is 0.333. The predicted molar refractivity (Wildman–Crippen MR) is 272 cm³/mol. The largest absolute Gasteiger partial charge is 0.478 e. The number of hydrogen-bond acceptors (Lipinski definition) is 15. The van der Waals surface area contributed by atoms with Crippen molar-refractivity contribution in [2.45, 2.75) is 38.8 Å². The summed E-state index contributed by atoms with van der Waals surface area (Å²) in [5, 5.41) is 50.3. The number of anilines is 2. The zero-order chi connectivity index (χ0) is 52.1. The van der Waals surface area contributed by atoms with Gasteiger partial charge in [-0.25, -0.2) is 19.2 Å². The number of hydrogen-bond donors (Lipinski definition) is 6. The second-order valence-electron chi connectivity index (χ2n) is 17.6. The van der Waals surface area contributed by atoms with Crippen molar-refractivity contribution in [1.29, 1.82) is 0 Å². The third-order valence-corrected chi connectivity index (χ3v) is 11.7. The zero-order valence-electron chi connectivity index (χ0n) is 40.8. The van der Waals surface area contributed by atoms with Crippen LogP contribution in [0.15, 0.2) is 85.5 Å². The van der Waals surface area contributed by atoms with Crippen molar-refractivity contribution >= 4 is 68.6 Å². The molecule has 378 valence electrons. The highest BCUT2D eigenvalue weighted by molar-refractivity contribution is 6.28. The molecule has 0 atom stereocenters. The summed E-state index contributed by atoms with van der Waals surface area (Å²) in [7, 11) is 10.4. The molecule has 72 heavy (non-hydrogen) atoms. The van der Waals surface area contributed by atoms with Crippen LogP contribution in [0, 0.1) is 0 Å². The van der Waals surface area contributed by atoms with E-state index in [1.54, 1.807) is 24.8 Å². The van der Waals surface area contributed by atoms with Crippen LogP contribution in [0.25, 0.3) is 44.3 Å². The van der Waals surface area contributed by atoms with E-state index < -0.39 is 23.9 Å². The molecule has 2 aromatic carbocycles. The Balaban J connectivity index is 0.000000457. The zero-order valence-corrected chi connectivity index (χ0v) is 40.8. The Kier molecular flexibility index (Phi) is 18.2. The van der Waals surface area contributed by atoms with Crippen LogP contribution in [0.2, 0.25) is 0 Å². The SMILES string of the molecule is CN(C)CCCn1nc2c3c(c(NCCCN(C)CCCNc4ccc5c6c(nn5CCCN(C)C)-c5ccncc5C(=O)c46)ccc31)C(=O)c1cnccc1-2.O=C(O)/C=C\C(=O)O.O=C(O)/C=C\C(=O)O. The molecule has 0 bridgehead atoms. The molecule has 4 aromatic heterocycles. The molecule has 4 heterocycles. The monoisotopic (exact) mass is 985 g/mol. The molecular weight excluding hydrogens is 927 g/mol. The van der Waals surface area contributed by atoms with Gasteiger partial charge in [0.1, 0.15) is 11.4 Å². The number of nitrogens with zero attached hydrogens (tertiary/aromatic N) is 9. The number of carbonyl (C=O) groups excluding carboxylic acids is 2. The number of aliphatic carboxylic acids is 4. The van der Waals surface area contributed by atoms with Crippen molar-refractivity contribution in [3.05, 3.63) is 108 Å². The molecule has 21 nitrogen and oxygen atoms in total. The number of aryl methyl sites for hydroxylation is 2. The molecule has 0 unspecified atom stereocenters. The number of benzene rings is 2. The number of carboxylic acids is 4. The molecule has 6 N–H and O–H groups in total. The number of carbonyl (C=O) groups is 6. The third kappa shape index (κ3) is 13.2. The topological polar surface area (TPSA) is 279 Å². The predicted octanol–water partition coefficient (Wildman–Crippen LogP) is 5.16. The first-order valence-corrected chi connectivity index (χ1v) is 23.3. The van der Waals surface area contributed by atoms with Crippen molar-refractivity contribution < 1.29 is 49.2 Å². The van der Waals surface area contributed by atoms with E-state index in [1.807, 2.05) is 24.3 Å². The van der Waals surface area contributed by atoms with E-state index >= 15 is 0 Å². The highest BCUT2D eigenvalue weighted by atomic mass is 16.4. The fourth-order valence-corrected chi connectivity index (χ4v) is 8.47. The van der Waals surface area contributed by atoms with Gasteiger partial charge in [0.05, 0.1) is 33.3 Å². The number of ketones is 2. The Hall–Kier alpha value is -8.14. The Morgan fingerprint density at radius 2 is 0.903 bits per heavy atom. The standard InChI is InChI=1S/C43H51N11O2.2C4H4O4/c1-50(2)20-8-24-53-34-12-10-32(36-38(34)40(48-53)28-14-18-44-26-30(28)42(36)55)46-16-6-22-52(5)23-7-17-47-33-11-13-35-39-37(33)43(56)31-27-45-19-15-29(31)41(39)49-54(35)25-9-21-51(3)4;2*5-3(6)1-2-4(7)8/h10-15,18-19,26-27,46-47H,6-9,16-17,20-25H2,1-5H3;2*1-2H,(H,5,6)(H,7,8)/b;2*2-1-. The maximum Gasteiger partial charge on any atom is 0.328 e. The maximum atomic E-state index is 13.9. The van der Waals surface area contributed by atoms with Gasteiger partial charge in [-0.3, -0.25) is 28.9 Å². The van der Waals surface area contributed by atoms with Crippen molar-refractivity contribution in [1.82, 2.24) is 44.2 Å². The van der Waals surface area contributed by atoms with Gasteiger partial charge >= 0.3 is 23.9 Å². The Morgan fingerprint density at radius 1 is 0.528 bits per heavy atom. The van der Waals surface area contributed by atoms with Gasteiger partial charge in [0, 0.05) is 109 Å². The van der Waals surface area contributed by atoms with Crippen molar-refractivity contribution in [3.8, 4) is 22.5 Å². The maximum absolute atomic E-state index is 13.9. The summed E-state index contributed by atoms with van der Waals surface area (Å²) in [5.74, 6) is -5.04. The molecule has 2 aliphatic carbocycles. The van der Waals surface area contributed by atoms with Gasteiger partial charge in [0.15, 0.2) is 11.6 Å². The fourth-order valence-electron chi connectivity index (χ4n) is 8.47. The second-order valence-corrected chi connectivity index (χ2v) is 17.6. The van der Waals surface area contributed by atoms with Gasteiger partial charge in [-0.05, 0) is 123 Å². The van der Waals surface area contributed by atoms with Crippen LogP contribution in [0.4, 0.5) is 11.4 Å². The molecule has 0 fully saturated rings. The lowest BCUT2D eigenvalue weighted by Gasteiger charge is -2.20. The summed E-state index contributed by atoms with van der Waals surface area (Å²) >= 11 is 0. The molecule has 2 aliphatic rings. The quantitative estimate of drug-likeness (QED) is 0.0378. The van der Waals surface area contributed by atoms with Gasteiger partial charge in [0.2, 0.25) is 0 Å². The average Bonchev–Trinajstić information content (AvgIpc) is 3.90. The number of pyridine rings is 2. The molecule has 0 spiro atoms. The Bertz CT molecular complexity index is 2810. The van der Waals surface area contributed by atoms with Crippen LogP contribution in [0.3, 0.4) is 0 Å². The number of carboxylic acid groups (broad SMARTS) is 4. The minimum Gasteiger partial charge on any atom is -0.478 e. The van der Waals surface area contributed by atoms with Crippen molar-refractivity contribution in [2.24, 2.45) is 0 Å².